The third kappa shape index (κ3) is 4.07. The van der Waals surface area contributed by atoms with Crippen LogP contribution in [0, 0.1) is 0 Å². The highest BCUT2D eigenvalue weighted by Crippen LogP contribution is 2.64. The van der Waals surface area contributed by atoms with Gasteiger partial charge in [0.25, 0.3) is 0 Å². The van der Waals surface area contributed by atoms with Crippen LogP contribution in [0.5, 0.6) is 0 Å². The second kappa shape index (κ2) is 7.23. The van der Waals surface area contributed by atoms with E-state index in [0.29, 0.717) is 0 Å². The molecule has 2 nitrogen and oxygen atoms in total. The van der Waals surface area contributed by atoms with Gasteiger partial charge in [-0.25, -0.2) is 4.39 Å². The van der Waals surface area contributed by atoms with Gasteiger partial charge < -0.3 is 9.47 Å². The molecule has 0 aromatic carbocycles. The summed E-state index contributed by atoms with van der Waals surface area (Å²) in [6, 6.07) is 0. The molecule has 0 radical (unpaired) electrons. The fraction of sp³-hybridized carbons (Fsp3) is 1.00. The van der Waals surface area contributed by atoms with E-state index in [4.69, 9.17) is 0 Å². The normalized spacial score (nSPS) is 20.2. The minimum Gasteiger partial charge on any atom is -0.378 e. The number of rotatable bonds is 9. The van der Waals surface area contributed by atoms with Crippen LogP contribution in [0.1, 0.15) is 6.42 Å². The quantitative estimate of drug-likeness (QED) is 0.264. The molecule has 0 aromatic heterocycles. The van der Waals surface area contributed by atoms with Gasteiger partial charge in [-0.3, -0.25) is 0 Å². The van der Waals surface area contributed by atoms with Crippen LogP contribution in [0.15, 0.2) is 0 Å². The Hall–Kier alpha value is -1.13. The summed E-state index contributed by atoms with van der Waals surface area (Å²) in [6.07, 6.45) is -19.0. The van der Waals surface area contributed by atoms with Gasteiger partial charge in [-0.2, -0.15) is 61.5 Å². The molecule has 1 rings (SSSR count). The summed E-state index contributed by atoms with van der Waals surface area (Å²) < 4.78 is 203. The summed E-state index contributed by atoms with van der Waals surface area (Å²) in [4.78, 5) is 0. The predicted molar refractivity (Wildman–Crippen MR) is 60.9 cm³/mol. The van der Waals surface area contributed by atoms with Gasteiger partial charge >= 0.3 is 41.7 Å². The second-order valence-corrected chi connectivity index (χ2v) is 5.86. The second-order valence-electron chi connectivity index (χ2n) is 5.86. The summed E-state index contributed by atoms with van der Waals surface area (Å²) in [5.74, 6) is -30.4. The minimum absolute atomic E-state index is 0.0598. The maximum Gasteiger partial charge on any atom is 0.438 e. The van der Waals surface area contributed by atoms with Gasteiger partial charge in [0.05, 0.1) is 19.8 Å². The third-order valence-corrected chi connectivity index (χ3v) is 3.73. The lowest BCUT2D eigenvalue weighted by molar-refractivity contribution is -0.457. The fourth-order valence-corrected chi connectivity index (χ4v) is 1.90. The van der Waals surface area contributed by atoms with Crippen molar-refractivity contribution in [3.63, 3.8) is 0 Å². The largest absolute Gasteiger partial charge is 0.438 e. The van der Waals surface area contributed by atoms with Crippen LogP contribution in [0.3, 0.4) is 0 Å². The van der Waals surface area contributed by atoms with Crippen LogP contribution >= 0.6 is 0 Å². The lowest BCUT2D eigenvalue weighted by Crippen LogP contribution is -2.75. The van der Waals surface area contributed by atoms with Crippen LogP contribution in [0.4, 0.5) is 65.9 Å². The van der Waals surface area contributed by atoms with E-state index in [1.54, 1.807) is 0 Å². The molecule has 174 valence electrons. The Morgan fingerprint density at radius 1 is 0.655 bits per heavy atom. The van der Waals surface area contributed by atoms with Crippen molar-refractivity contribution in [2.24, 2.45) is 0 Å². The Balaban J connectivity index is 3.28. The number of hydrogen-bond acceptors (Lipinski definition) is 2. The van der Waals surface area contributed by atoms with Crippen molar-refractivity contribution in [3.05, 3.63) is 0 Å². The summed E-state index contributed by atoms with van der Waals surface area (Å²) in [5, 5.41) is 0. The van der Waals surface area contributed by atoms with E-state index in [0.717, 1.165) is 0 Å². The molecule has 1 fully saturated rings. The molecule has 0 N–H and O–H groups in total. The van der Waals surface area contributed by atoms with Crippen molar-refractivity contribution < 1.29 is 75.3 Å². The number of halogens is 15. The van der Waals surface area contributed by atoms with E-state index >= 15 is 0 Å². The Morgan fingerprint density at radius 2 is 1.07 bits per heavy atom. The van der Waals surface area contributed by atoms with Crippen molar-refractivity contribution in [1.29, 1.82) is 0 Å². The van der Waals surface area contributed by atoms with E-state index in [1.165, 1.54) is 0 Å². The number of alkyl halides is 15. The molecule has 17 heteroatoms. The van der Waals surface area contributed by atoms with Gasteiger partial charge in [0.2, 0.25) is 0 Å². The van der Waals surface area contributed by atoms with E-state index in [-0.39, 0.29) is 6.61 Å². The van der Waals surface area contributed by atoms with Gasteiger partial charge in [-0.05, 0) is 0 Å². The van der Waals surface area contributed by atoms with Gasteiger partial charge in [-0.15, -0.1) is 0 Å². The van der Waals surface area contributed by atoms with Crippen LogP contribution in [-0.2, 0) is 9.47 Å². The summed E-state index contributed by atoms with van der Waals surface area (Å²) in [6.45, 7) is -2.00. The van der Waals surface area contributed by atoms with Crippen molar-refractivity contribution in [3.8, 4) is 0 Å². The monoisotopic (exact) mass is 470 g/mol. The average Bonchev–Trinajstić information content (AvgIpc) is 3.32. The first kappa shape index (κ1) is 25.9. The maximum atomic E-state index is 13.4. The lowest BCUT2D eigenvalue weighted by Gasteiger charge is -2.43. The Bertz CT molecular complexity index is 561. The Kier molecular flexibility index (Phi) is 6.46. The Labute approximate surface area is 150 Å². The highest BCUT2D eigenvalue weighted by atomic mass is 19.4. The molecular formula is C12H9F15O2. The van der Waals surface area contributed by atoms with Gasteiger partial charge in [0.1, 0.15) is 6.10 Å². The summed E-state index contributed by atoms with van der Waals surface area (Å²) in [7, 11) is 0. The first-order chi connectivity index (χ1) is 12.6. The molecule has 29 heavy (non-hydrogen) atoms. The highest BCUT2D eigenvalue weighted by molar-refractivity contribution is 5.16. The highest BCUT2D eigenvalue weighted by Gasteiger charge is 2.95. The molecule has 1 heterocycles. The van der Waals surface area contributed by atoms with Crippen molar-refractivity contribution in [2.75, 3.05) is 19.8 Å². The molecular weight excluding hydrogens is 461 g/mol. The third-order valence-electron chi connectivity index (χ3n) is 3.73. The Morgan fingerprint density at radius 3 is 1.41 bits per heavy atom. The van der Waals surface area contributed by atoms with E-state index in [2.05, 4.69) is 9.47 Å². The zero-order valence-corrected chi connectivity index (χ0v) is 13.4. The van der Waals surface area contributed by atoms with Gasteiger partial charge in [0, 0.05) is 6.42 Å². The fourth-order valence-electron chi connectivity index (χ4n) is 1.90. The van der Waals surface area contributed by atoms with Crippen molar-refractivity contribution in [2.45, 2.75) is 54.2 Å². The van der Waals surface area contributed by atoms with Crippen LogP contribution in [-0.4, -0.2) is 67.6 Å². The molecule has 0 aromatic rings. The zero-order valence-electron chi connectivity index (χ0n) is 13.4. The van der Waals surface area contributed by atoms with Gasteiger partial charge in [-0.1, -0.05) is 0 Å². The molecule has 1 saturated heterocycles. The zero-order chi connectivity index (χ0) is 23.3. The first-order valence-corrected chi connectivity index (χ1v) is 7.11. The van der Waals surface area contributed by atoms with Crippen LogP contribution in [0.25, 0.3) is 0 Å². The molecule has 0 aliphatic carbocycles. The van der Waals surface area contributed by atoms with E-state index in [1.807, 2.05) is 0 Å². The standard InChI is InChI=1S/C12H9F15O2/c13-6(14,1-2-28-3-5-4-29-5)8(16,17)10(20,21)9(18,19)7(15,11(22,23)24)12(25,26)27/h5H,1-4H2. The summed E-state index contributed by atoms with van der Waals surface area (Å²) >= 11 is 0. The molecule has 1 aliphatic rings. The van der Waals surface area contributed by atoms with Crippen molar-refractivity contribution in [1.82, 2.24) is 0 Å². The smallest absolute Gasteiger partial charge is 0.378 e. The minimum atomic E-state index is -8.38. The summed E-state index contributed by atoms with van der Waals surface area (Å²) in [5.41, 5.74) is -8.27. The molecule has 1 aliphatic heterocycles. The molecule has 0 saturated carbocycles. The number of hydrogen-bond donors (Lipinski definition) is 0. The average molecular weight is 470 g/mol. The van der Waals surface area contributed by atoms with Crippen molar-refractivity contribution >= 4 is 0 Å². The number of epoxide rings is 1. The molecule has 0 amide bonds. The topological polar surface area (TPSA) is 21.8 Å². The maximum absolute atomic E-state index is 13.4. The predicted octanol–water partition coefficient (Wildman–Crippen LogP) is 5.17. The SMILES string of the molecule is FC(F)(F)C(F)(C(F)(F)F)C(F)(F)C(F)(F)C(F)(F)C(F)(F)CCOCC1CO1. The first-order valence-electron chi connectivity index (χ1n) is 7.11. The van der Waals surface area contributed by atoms with Crippen LogP contribution in [0.2, 0.25) is 0 Å². The van der Waals surface area contributed by atoms with E-state index < -0.39 is 67.5 Å². The molecule has 1 atom stereocenters. The van der Waals surface area contributed by atoms with Crippen LogP contribution < -0.4 is 0 Å². The lowest BCUT2D eigenvalue weighted by atomic mass is 9.85. The van der Waals surface area contributed by atoms with Gasteiger partial charge in [0.15, 0.2) is 0 Å². The number of ether oxygens (including phenoxy) is 2. The molecule has 0 bridgehead atoms. The van der Waals surface area contributed by atoms with E-state index in [9.17, 15) is 65.9 Å². The molecule has 0 spiro atoms. The molecule has 1 unspecified atom stereocenters.